The molecule has 0 saturated carbocycles. The zero-order valence-corrected chi connectivity index (χ0v) is 11.7. The van der Waals surface area contributed by atoms with E-state index in [1.165, 1.54) is 43.4 Å². The molecule has 2 nitrogen and oxygen atoms in total. The lowest BCUT2D eigenvalue weighted by molar-refractivity contribution is 0.281. The summed E-state index contributed by atoms with van der Waals surface area (Å²) in [6, 6.07) is 7.11. The van der Waals surface area contributed by atoms with E-state index >= 15 is 0 Å². The summed E-state index contributed by atoms with van der Waals surface area (Å²) in [5.74, 6) is 0. The smallest absolute Gasteiger partial charge is 0.0702 e. The molecule has 1 heterocycles. The predicted molar refractivity (Wildman–Crippen MR) is 77.0 cm³/mol. The molecule has 1 aromatic rings. The summed E-state index contributed by atoms with van der Waals surface area (Å²) in [5.41, 5.74) is 3.55. The van der Waals surface area contributed by atoms with E-state index in [1.807, 2.05) is 0 Å². The highest BCUT2D eigenvalue weighted by molar-refractivity contribution is 5.55. The van der Waals surface area contributed by atoms with Crippen LogP contribution >= 0.6 is 0 Å². The van der Waals surface area contributed by atoms with Crippen molar-refractivity contribution in [3.8, 4) is 0 Å². The molecule has 0 radical (unpaired) electrons. The molecule has 1 N–H and O–H groups in total. The second-order valence-electron chi connectivity index (χ2n) is 5.40. The van der Waals surface area contributed by atoms with Gasteiger partial charge in [-0.2, -0.15) is 0 Å². The highest BCUT2D eigenvalue weighted by Crippen LogP contribution is 2.29. The average molecular weight is 247 g/mol. The van der Waals surface area contributed by atoms with Gasteiger partial charge in [-0.25, -0.2) is 0 Å². The number of benzene rings is 1. The molecule has 2 heteroatoms. The second-order valence-corrected chi connectivity index (χ2v) is 5.40. The maximum absolute atomic E-state index is 9.58. The van der Waals surface area contributed by atoms with Gasteiger partial charge in [0.25, 0.3) is 0 Å². The van der Waals surface area contributed by atoms with E-state index in [0.717, 1.165) is 12.1 Å². The van der Waals surface area contributed by atoms with Crippen LogP contribution in [-0.2, 0) is 6.61 Å². The Morgan fingerprint density at radius 2 is 2.11 bits per heavy atom. The molecule has 0 aliphatic carbocycles. The van der Waals surface area contributed by atoms with Crippen molar-refractivity contribution in [1.82, 2.24) is 0 Å². The summed E-state index contributed by atoms with van der Waals surface area (Å²) in [6.45, 7) is 5.64. The van der Waals surface area contributed by atoms with Crippen molar-refractivity contribution in [2.24, 2.45) is 0 Å². The number of hydrogen-bond donors (Lipinski definition) is 1. The first-order valence-electron chi connectivity index (χ1n) is 7.23. The summed E-state index contributed by atoms with van der Waals surface area (Å²) in [5, 5.41) is 9.58. The van der Waals surface area contributed by atoms with E-state index in [4.69, 9.17) is 0 Å². The molecule has 1 aliphatic heterocycles. The van der Waals surface area contributed by atoms with Gasteiger partial charge in [0.2, 0.25) is 0 Å². The fourth-order valence-corrected chi connectivity index (χ4v) is 3.04. The predicted octanol–water partition coefficient (Wildman–Crippen LogP) is 3.65. The van der Waals surface area contributed by atoms with Gasteiger partial charge in [-0.1, -0.05) is 37.5 Å². The summed E-state index contributed by atoms with van der Waals surface area (Å²) in [7, 11) is 0. The van der Waals surface area contributed by atoms with Crippen molar-refractivity contribution < 1.29 is 5.11 Å². The second kappa shape index (κ2) is 6.24. The number of aryl methyl sites for hydroxylation is 1. The molecule has 2 rings (SSSR count). The van der Waals surface area contributed by atoms with Crippen LogP contribution in [0.5, 0.6) is 0 Å². The van der Waals surface area contributed by atoms with Crippen LogP contribution in [0.2, 0.25) is 0 Å². The third kappa shape index (κ3) is 2.86. The van der Waals surface area contributed by atoms with Crippen LogP contribution in [0.3, 0.4) is 0 Å². The third-order valence-corrected chi connectivity index (χ3v) is 4.06. The Kier molecular flexibility index (Phi) is 4.65. The number of hydrogen-bond acceptors (Lipinski definition) is 2. The Bertz CT molecular complexity index is 389. The molecule has 0 spiro atoms. The molecular formula is C16H25NO. The lowest BCUT2D eigenvalue weighted by Gasteiger charge is -2.33. The van der Waals surface area contributed by atoms with Gasteiger partial charge in [0.05, 0.1) is 6.61 Å². The molecule has 1 aliphatic rings. The zero-order chi connectivity index (χ0) is 13.0. The topological polar surface area (TPSA) is 23.5 Å². The summed E-state index contributed by atoms with van der Waals surface area (Å²) >= 11 is 0. The summed E-state index contributed by atoms with van der Waals surface area (Å²) < 4.78 is 0. The van der Waals surface area contributed by atoms with Crippen molar-refractivity contribution in [3.05, 3.63) is 29.3 Å². The maximum Gasteiger partial charge on any atom is 0.0702 e. The first-order valence-corrected chi connectivity index (χ1v) is 7.23. The minimum atomic E-state index is 0.143. The minimum Gasteiger partial charge on any atom is -0.392 e. The molecule has 18 heavy (non-hydrogen) atoms. The van der Waals surface area contributed by atoms with E-state index < -0.39 is 0 Å². The quantitative estimate of drug-likeness (QED) is 0.881. The Morgan fingerprint density at radius 1 is 1.28 bits per heavy atom. The molecule has 100 valence electrons. The van der Waals surface area contributed by atoms with Crippen LogP contribution in [-0.4, -0.2) is 17.7 Å². The fourth-order valence-electron chi connectivity index (χ4n) is 3.04. The molecule has 1 unspecified atom stereocenters. The Labute approximate surface area is 111 Å². The van der Waals surface area contributed by atoms with Crippen LogP contribution < -0.4 is 4.90 Å². The zero-order valence-electron chi connectivity index (χ0n) is 11.7. The Hall–Kier alpha value is -1.02. The SMILES string of the molecule is CCC1CCCCCN1c1ccc(C)cc1CO. The lowest BCUT2D eigenvalue weighted by Crippen LogP contribution is -2.35. The van der Waals surface area contributed by atoms with Crippen molar-refractivity contribution >= 4 is 5.69 Å². The normalized spacial score (nSPS) is 20.8. The van der Waals surface area contributed by atoms with Crippen molar-refractivity contribution in [2.45, 2.75) is 58.6 Å². The van der Waals surface area contributed by atoms with Gasteiger partial charge >= 0.3 is 0 Å². The van der Waals surface area contributed by atoms with Crippen molar-refractivity contribution in [3.63, 3.8) is 0 Å². The molecule has 0 amide bonds. The molecular weight excluding hydrogens is 222 g/mol. The van der Waals surface area contributed by atoms with Crippen LogP contribution in [0.4, 0.5) is 5.69 Å². The maximum atomic E-state index is 9.58. The highest BCUT2D eigenvalue weighted by atomic mass is 16.3. The van der Waals surface area contributed by atoms with Gasteiger partial charge in [-0.15, -0.1) is 0 Å². The fraction of sp³-hybridized carbons (Fsp3) is 0.625. The van der Waals surface area contributed by atoms with Crippen LogP contribution in [0, 0.1) is 6.92 Å². The highest BCUT2D eigenvalue weighted by Gasteiger charge is 2.21. The number of anilines is 1. The summed E-state index contributed by atoms with van der Waals surface area (Å²) in [6.07, 6.45) is 6.44. The molecule has 1 aromatic carbocycles. The van der Waals surface area contributed by atoms with Crippen molar-refractivity contribution in [1.29, 1.82) is 0 Å². The molecule has 1 fully saturated rings. The average Bonchev–Trinajstić information content (AvgIpc) is 2.63. The monoisotopic (exact) mass is 247 g/mol. The van der Waals surface area contributed by atoms with E-state index in [0.29, 0.717) is 6.04 Å². The largest absolute Gasteiger partial charge is 0.392 e. The van der Waals surface area contributed by atoms with Crippen molar-refractivity contribution in [2.75, 3.05) is 11.4 Å². The van der Waals surface area contributed by atoms with Crippen LogP contribution in [0.25, 0.3) is 0 Å². The molecule has 1 atom stereocenters. The molecule has 1 saturated heterocycles. The number of nitrogens with zero attached hydrogens (tertiary/aromatic N) is 1. The molecule has 0 bridgehead atoms. The number of rotatable bonds is 3. The standard InChI is InChI=1S/C16H25NO/c1-3-15-7-5-4-6-10-17(15)16-9-8-13(2)11-14(16)12-18/h8-9,11,15,18H,3-7,10,12H2,1-2H3. The minimum absolute atomic E-state index is 0.143. The van der Waals surface area contributed by atoms with Gasteiger partial charge < -0.3 is 10.0 Å². The van der Waals surface area contributed by atoms with E-state index in [9.17, 15) is 5.11 Å². The lowest BCUT2D eigenvalue weighted by atomic mass is 10.0. The van der Waals surface area contributed by atoms with Crippen LogP contribution in [0.15, 0.2) is 18.2 Å². The molecule has 0 aromatic heterocycles. The van der Waals surface area contributed by atoms with Gasteiger partial charge in [-0.3, -0.25) is 0 Å². The third-order valence-electron chi connectivity index (χ3n) is 4.06. The van der Waals surface area contributed by atoms with E-state index in [-0.39, 0.29) is 6.61 Å². The van der Waals surface area contributed by atoms with E-state index in [1.54, 1.807) is 0 Å². The van der Waals surface area contributed by atoms with Gasteiger partial charge in [-0.05, 0) is 32.3 Å². The number of aliphatic hydroxyl groups excluding tert-OH is 1. The Morgan fingerprint density at radius 3 is 2.83 bits per heavy atom. The van der Waals surface area contributed by atoms with Gasteiger partial charge in [0.15, 0.2) is 0 Å². The van der Waals surface area contributed by atoms with Gasteiger partial charge in [0, 0.05) is 23.8 Å². The first-order chi connectivity index (χ1) is 8.76. The van der Waals surface area contributed by atoms with E-state index in [2.05, 4.69) is 36.9 Å². The first kappa shape index (κ1) is 13.4. The Balaban J connectivity index is 2.32. The summed E-state index contributed by atoms with van der Waals surface area (Å²) in [4.78, 5) is 2.53. The van der Waals surface area contributed by atoms with Gasteiger partial charge in [0.1, 0.15) is 0 Å². The number of aliphatic hydroxyl groups is 1. The van der Waals surface area contributed by atoms with Crippen LogP contribution in [0.1, 0.15) is 50.2 Å².